The van der Waals surface area contributed by atoms with Gasteiger partial charge in [0.05, 0.1) is 19.1 Å². The fourth-order valence-electron chi connectivity index (χ4n) is 6.19. The summed E-state index contributed by atoms with van der Waals surface area (Å²) in [6.45, 7) is 9.99. The maximum Gasteiger partial charge on any atom is 0.409 e. The predicted octanol–water partition coefficient (Wildman–Crippen LogP) is 2.99. The van der Waals surface area contributed by atoms with Gasteiger partial charge in [0.2, 0.25) is 11.8 Å². The average Bonchev–Trinajstić information content (AvgIpc) is 3.69. The number of ether oxygens (including phenoxy) is 3. The summed E-state index contributed by atoms with van der Waals surface area (Å²) in [5, 5.41) is 24.1. The van der Waals surface area contributed by atoms with Crippen LogP contribution < -0.4 is 10.2 Å². The number of nitrogens with zero attached hydrogens (tertiary/aromatic N) is 2. The van der Waals surface area contributed by atoms with Crippen LogP contribution in [-0.2, 0) is 41.6 Å². The summed E-state index contributed by atoms with van der Waals surface area (Å²) >= 11 is 0. The van der Waals surface area contributed by atoms with Crippen LogP contribution >= 0.6 is 0 Å². The van der Waals surface area contributed by atoms with Crippen LogP contribution in [0.1, 0.15) is 65.5 Å². The second-order valence-electron chi connectivity index (χ2n) is 13.2. The quantitative estimate of drug-likeness (QED) is 0.332. The molecule has 1 aromatic carbocycles. The fourth-order valence-corrected chi connectivity index (χ4v) is 6.19. The van der Waals surface area contributed by atoms with E-state index in [9.17, 15) is 29.4 Å². The molecule has 12 nitrogen and oxygen atoms in total. The molecule has 3 N–H and O–H groups in total. The Labute approximate surface area is 270 Å². The SMILES string of the molecule is CC(=O)N(C)C(C)C(=O)OC1CC(=O)N(C)c2cc(CO)cc(c2)C/C(C)=C/C=C/C(C)C2(O)CC(OC(=O)N2)C(C)C2OC12C. The van der Waals surface area contributed by atoms with Gasteiger partial charge in [0.1, 0.15) is 29.6 Å². The van der Waals surface area contributed by atoms with Crippen LogP contribution in [0, 0.1) is 11.8 Å². The molecule has 8 atom stereocenters. The number of fused-ring (bicyclic) bond motifs is 5. The van der Waals surface area contributed by atoms with Crippen LogP contribution in [0.15, 0.2) is 42.0 Å². The lowest BCUT2D eigenvalue weighted by atomic mass is 9.82. The number of likely N-dealkylation sites (N-methyl/N-ethyl adjacent to an activating group) is 1. The van der Waals surface area contributed by atoms with E-state index in [2.05, 4.69) is 5.32 Å². The minimum absolute atomic E-state index is 0.0758. The maximum atomic E-state index is 13.8. The predicted molar refractivity (Wildman–Crippen MR) is 169 cm³/mol. The number of allylic oxidation sites excluding steroid dienone is 3. The molecule has 3 heterocycles. The average molecular weight is 642 g/mol. The second kappa shape index (κ2) is 13.5. The molecule has 0 radical (unpaired) electrons. The highest BCUT2D eigenvalue weighted by atomic mass is 16.7. The van der Waals surface area contributed by atoms with Crippen LogP contribution in [0.5, 0.6) is 0 Å². The van der Waals surface area contributed by atoms with Gasteiger partial charge < -0.3 is 34.2 Å². The van der Waals surface area contributed by atoms with Gasteiger partial charge in [-0.3, -0.25) is 14.9 Å². The molecule has 3 aliphatic rings. The lowest BCUT2D eigenvalue weighted by molar-refractivity contribution is -0.161. The summed E-state index contributed by atoms with van der Waals surface area (Å²) in [4.78, 5) is 54.5. The van der Waals surface area contributed by atoms with Gasteiger partial charge >= 0.3 is 12.1 Å². The van der Waals surface area contributed by atoms with Gasteiger partial charge in [-0.15, -0.1) is 0 Å². The molecule has 1 aromatic rings. The molecule has 0 saturated carbocycles. The van der Waals surface area contributed by atoms with Crippen LogP contribution in [0.4, 0.5) is 10.5 Å². The lowest BCUT2D eigenvalue weighted by Crippen LogP contribution is -2.60. The van der Waals surface area contributed by atoms with Gasteiger partial charge in [-0.25, -0.2) is 9.59 Å². The van der Waals surface area contributed by atoms with E-state index in [0.717, 1.165) is 11.1 Å². The number of amides is 3. The number of hydrogen-bond donors (Lipinski definition) is 3. The molecular formula is C34H47N3O9. The van der Waals surface area contributed by atoms with Crippen molar-refractivity contribution in [1.82, 2.24) is 10.2 Å². The standard InChI is InChI=1S/C34H47N3O9/c1-19-10-9-11-20(2)34(43)17-27(44-32(42)35-34)21(3)30-33(6,46-30)28(45-31(41)22(4)36(7)23(5)39)16-29(40)37(8)26-14-24(12-19)13-25(15-26)18-38/h9-11,13-15,20-22,27-28,30,38,43H,12,16-18H2,1-8H3,(H,35,42)/b11-9+,19-10+. The highest BCUT2D eigenvalue weighted by Crippen LogP contribution is 2.49. The van der Waals surface area contributed by atoms with E-state index in [1.165, 1.54) is 23.8 Å². The number of rotatable bonds is 4. The monoisotopic (exact) mass is 641 g/mol. The first-order chi connectivity index (χ1) is 21.5. The number of aliphatic hydroxyl groups excluding tert-OH is 1. The van der Waals surface area contributed by atoms with Crippen LogP contribution in [0.25, 0.3) is 0 Å². The Hall–Kier alpha value is -3.74. The molecule has 8 unspecified atom stereocenters. The number of aliphatic hydroxyl groups is 2. The Balaban J connectivity index is 1.75. The van der Waals surface area contributed by atoms with E-state index in [-0.39, 0.29) is 31.3 Å². The zero-order chi connectivity index (χ0) is 34.1. The number of epoxide rings is 1. The third-order valence-corrected chi connectivity index (χ3v) is 9.72. The Bertz CT molecular complexity index is 1430. The zero-order valence-corrected chi connectivity index (χ0v) is 27.9. The molecule has 4 rings (SSSR count). The van der Waals surface area contributed by atoms with Crippen molar-refractivity contribution >= 4 is 29.6 Å². The Morgan fingerprint density at radius 1 is 1.24 bits per heavy atom. The van der Waals surface area contributed by atoms with Gasteiger partial charge in [-0.1, -0.05) is 43.7 Å². The molecule has 2 fully saturated rings. The number of benzene rings is 1. The smallest absolute Gasteiger partial charge is 0.409 e. The van der Waals surface area contributed by atoms with Gasteiger partial charge in [-0.05, 0) is 50.5 Å². The molecule has 12 heteroatoms. The first kappa shape index (κ1) is 35.1. The van der Waals surface area contributed by atoms with Crippen LogP contribution in [0.2, 0.25) is 0 Å². The van der Waals surface area contributed by atoms with Crippen LogP contribution in [0.3, 0.4) is 0 Å². The van der Waals surface area contributed by atoms with E-state index in [1.54, 1.807) is 33.9 Å². The van der Waals surface area contributed by atoms with Gasteiger partial charge in [0.15, 0.2) is 0 Å². The topological polar surface area (TPSA) is 158 Å². The number of esters is 1. The summed E-state index contributed by atoms with van der Waals surface area (Å²) in [6, 6.07) is 4.56. The minimum Gasteiger partial charge on any atom is -0.457 e. The molecule has 46 heavy (non-hydrogen) atoms. The molecule has 2 saturated heterocycles. The van der Waals surface area contributed by atoms with Crippen molar-refractivity contribution < 1.29 is 43.6 Å². The largest absolute Gasteiger partial charge is 0.457 e. The van der Waals surface area contributed by atoms with E-state index < -0.39 is 59.6 Å². The maximum absolute atomic E-state index is 13.8. The normalized spacial score (nSPS) is 34.2. The molecule has 4 bridgehead atoms. The minimum atomic E-state index is -1.59. The van der Waals surface area contributed by atoms with Gasteiger partial charge in [0, 0.05) is 45.0 Å². The van der Waals surface area contributed by atoms with Crippen molar-refractivity contribution in [3.63, 3.8) is 0 Å². The number of carbonyl (C=O) groups excluding carboxylic acids is 4. The third kappa shape index (κ3) is 7.45. The van der Waals surface area contributed by atoms with E-state index >= 15 is 0 Å². The Morgan fingerprint density at radius 3 is 2.59 bits per heavy atom. The first-order valence-corrected chi connectivity index (χ1v) is 15.7. The molecule has 3 aliphatic heterocycles. The molecule has 0 aliphatic carbocycles. The number of nitrogens with one attached hydrogen (secondary N) is 1. The number of anilines is 1. The lowest BCUT2D eigenvalue weighted by Gasteiger charge is -2.41. The van der Waals surface area contributed by atoms with Crippen LogP contribution in [-0.4, -0.2) is 88.8 Å². The van der Waals surface area contributed by atoms with Crippen molar-refractivity contribution in [1.29, 1.82) is 0 Å². The van der Waals surface area contributed by atoms with E-state index in [0.29, 0.717) is 17.7 Å². The molecular weight excluding hydrogens is 594 g/mol. The van der Waals surface area contributed by atoms with Gasteiger partial charge in [0.25, 0.3) is 0 Å². The highest BCUT2D eigenvalue weighted by molar-refractivity contribution is 5.93. The summed E-state index contributed by atoms with van der Waals surface area (Å²) in [5.41, 5.74) is 0.342. The van der Waals surface area contributed by atoms with Gasteiger partial charge in [-0.2, -0.15) is 0 Å². The Morgan fingerprint density at radius 2 is 1.93 bits per heavy atom. The summed E-state index contributed by atoms with van der Waals surface area (Å²) in [6.07, 6.45) is 2.79. The molecule has 0 aromatic heterocycles. The number of carbonyl (C=O) groups is 4. The second-order valence-corrected chi connectivity index (χ2v) is 13.2. The van der Waals surface area contributed by atoms with E-state index in [4.69, 9.17) is 14.2 Å². The van der Waals surface area contributed by atoms with Crippen molar-refractivity contribution in [2.75, 3.05) is 19.0 Å². The number of alkyl carbamates (subject to hydrolysis) is 1. The van der Waals surface area contributed by atoms with Crippen molar-refractivity contribution in [2.24, 2.45) is 11.8 Å². The third-order valence-electron chi connectivity index (χ3n) is 9.72. The molecule has 252 valence electrons. The van der Waals surface area contributed by atoms with Crippen molar-refractivity contribution in [2.45, 2.75) is 103 Å². The van der Waals surface area contributed by atoms with E-state index in [1.807, 2.05) is 44.2 Å². The first-order valence-electron chi connectivity index (χ1n) is 15.7. The zero-order valence-electron chi connectivity index (χ0n) is 27.9. The number of hydrogen-bond acceptors (Lipinski definition) is 9. The van der Waals surface area contributed by atoms with Crippen molar-refractivity contribution in [3.05, 3.63) is 53.1 Å². The fraction of sp³-hybridized carbons (Fsp3) is 0.588. The summed E-state index contributed by atoms with van der Waals surface area (Å²) in [5.74, 6) is -2.31. The highest BCUT2D eigenvalue weighted by Gasteiger charge is 2.64. The Kier molecular flexibility index (Phi) is 10.3. The summed E-state index contributed by atoms with van der Waals surface area (Å²) < 4.78 is 17.8. The molecule has 3 amide bonds. The summed E-state index contributed by atoms with van der Waals surface area (Å²) in [7, 11) is 3.11. The van der Waals surface area contributed by atoms with Crippen molar-refractivity contribution in [3.8, 4) is 0 Å². The molecule has 0 spiro atoms.